The van der Waals surface area contributed by atoms with E-state index in [1.54, 1.807) is 30.6 Å². The van der Waals surface area contributed by atoms with E-state index in [4.69, 9.17) is 5.73 Å². The third kappa shape index (κ3) is 3.09. The fourth-order valence-corrected chi connectivity index (χ4v) is 1.67. The van der Waals surface area contributed by atoms with E-state index in [1.165, 1.54) is 4.68 Å². The second kappa shape index (κ2) is 5.51. The van der Waals surface area contributed by atoms with Gasteiger partial charge in [0.1, 0.15) is 0 Å². The van der Waals surface area contributed by atoms with Gasteiger partial charge in [-0.05, 0) is 19.1 Å². The highest BCUT2D eigenvalue weighted by molar-refractivity contribution is 5.41. The van der Waals surface area contributed by atoms with Crippen LogP contribution >= 0.6 is 0 Å². The van der Waals surface area contributed by atoms with Gasteiger partial charge in [0.05, 0.1) is 24.1 Å². The third-order valence-electron chi connectivity index (χ3n) is 2.92. The lowest BCUT2D eigenvalue weighted by Gasteiger charge is -2.16. The number of anilines is 2. The second-order valence-corrected chi connectivity index (χ2v) is 4.30. The lowest BCUT2D eigenvalue weighted by molar-refractivity contribution is 0.627. The lowest BCUT2D eigenvalue weighted by atomic mass is 10.3. The van der Waals surface area contributed by atoms with Crippen molar-refractivity contribution in [3.05, 3.63) is 46.6 Å². The summed E-state index contributed by atoms with van der Waals surface area (Å²) in [5, 5.41) is 4.15. The smallest absolute Gasteiger partial charge is 0.269 e. The van der Waals surface area contributed by atoms with E-state index in [-0.39, 0.29) is 5.56 Å². The number of aromatic nitrogens is 3. The minimum Gasteiger partial charge on any atom is -0.399 e. The van der Waals surface area contributed by atoms with Crippen molar-refractivity contribution >= 4 is 11.4 Å². The van der Waals surface area contributed by atoms with Gasteiger partial charge in [-0.3, -0.25) is 9.78 Å². The largest absolute Gasteiger partial charge is 0.399 e. The minimum absolute atomic E-state index is 0.151. The van der Waals surface area contributed by atoms with Crippen molar-refractivity contribution < 1.29 is 0 Å². The molecule has 0 spiro atoms. The molecule has 6 heteroatoms. The summed E-state index contributed by atoms with van der Waals surface area (Å²) in [6.45, 7) is 3.16. The average molecular weight is 259 g/mol. The van der Waals surface area contributed by atoms with Crippen molar-refractivity contribution in [2.24, 2.45) is 0 Å². The van der Waals surface area contributed by atoms with E-state index < -0.39 is 0 Å². The first-order valence-electron chi connectivity index (χ1n) is 6.09. The fourth-order valence-electron chi connectivity index (χ4n) is 1.67. The second-order valence-electron chi connectivity index (χ2n) is 4.30. The molecule has 0 aromatic carbocycles. The molecule has 2 heterocycles. The molecular formula is C13H17N5O. The maximum atomic E-state index is 12.0. The molecule has 19 heavy (non-hydrogen) atoms. The van der Waals surface area contributed by atoms with Crippen LogP contribution in [0.4, 0.5) is 11.4 Å². The Bertz CT molecular complexity index is 622. The molecule has 100 valence electrons. The van der Waals surface area contributed by atoms with Crippen molar-refractivity contribution in [1.82, 2.24) is 14.8 Å². The number of rotatable bonds is 4. The minimum atomic E-state index is -0.151. The van der Waals surface area contributed by atoms with Crippen LogP contribution in [0.2, 0.25) is 0 Å². The van der Waals surface area contributed by atoms with Gasteiger partial charge in [0, 0.05) is 31.5 Å². The number of nitrogens with zero attached hydrogens (tertiary/aromatic N) is 4. The van der Waals surface area contributed by atoms with Crippen LogP contribution in [-0.2, 0) is 6.54 Å². The molecule has 2 rings (SSSR count). The van der Waals surface area contributed by atoms with Gasteiger partial charge in [0.15, 0.2) is 0 Å². The highest BCUT2D eigenvalue weighted by Crippen LogP contribution is 2.07. The third-order valence-corrected chi connectivity index (χ3v) is 2.92. The SMILES string of the molecule is CCN(C)c1cnn(Cc2cc(N)ccn2)c(=O)c1. The summed E-state index contributed by atoms with van der Waals surface area (Å²) < 4.78 is 1.37. The van der Waals surface area contributed by atoms with Gasteiger partial charge in [0.25, 0.3) is 5.56 Å². The maximum Gasteiger partial charge on any atom is 0.269 e. The summed E-state index contributed by atoms with van der Waals surface area (Å²) in [6.07, 6.45) is 3.30. The van der Waals surface area contributed by atoms with Crippen LogP contribution in [-0.4, -0.2) is 28.4 Å². The molecule has 0 aliphatic carbocycles. The molecule has 0 atom stereocenters. The Labute approximate surface area is 111 Å². The lowest BCUT2D eigenvalue weighted by Crippen LogP contribution is -2.26. The number of hydrogen-bond acceptors (Lipinski definition) is 5. The van der Waals surface area contributed by atoms with E-state index in [2.05, 4.69) is 10.1 Å². The summed E-state index contributed by atoms with van der Waals surface area (Å²) in [7, 11) is 1.92. The predicted octanol–water partition coefficient (Wildman–Crippen LogP) is 0.725. The number of hydrogen-bond donors (Lipinski definition) is 1. The Morgan fingerprint density at radius 1 is 1.42 bits per heavy atom. The molecule has 2 N–H and O–H groups in total. The van der Waals surface area contributed by atoms with Crippen LogP contribution in [0.25, 0.3) is 0 Å². The van der Waals surface area contributed by atoms with Gasteiger partial charge in [-0.1, -0.05) is 0 Å². The molecule has 2 aromatic heterocycles. The predicted molar refractivity (Wildman–Crippen MR) is 75.2 cm³/mol. The first-order valence-corrected chi connectivity index (χ1v) is 6.09. The molecule has 0 aliphatic rings. The Hall–Kier alpha value is -2.37. The van der Waals surface area contributed by atoms with Crippen molar-refractivity contribution in [3.8, 4) is 0 Å². The van der Waals surface area contributed by atoms with E-state index in [9.17, 15) is 4.79 Å². The van der Waals surface area contributed by atoms with E-state index in [1.807, 2.05) is 18.9 Å². The summed E-state index contributed by atoms with van der Waals surface area (Å²) in [4.78, 5) is 18.1. The van der Waals surface area contributed by atoms with Crippen LogP contribution in [0.3, 0.4) is 0 Å². The van der Waals surface area contributed by atoms with Gasteiger partial charge in [-0.15, -0.1) is 0 Å². The molecular weight excluding hydrogens is 242 g/mol. The van der Waals surface area contributed by atoms with Crippen LogP contribution < -0.4 is 16.2 Å². The molecule has 6 nitrogen and oxygen atoms in total. The van der Waals surface area contributed by atoms with Crippen LogP contribution in [0.15, 0.2) is 35.4 Å². The standard InChI is InChI=1S/C13H17N5O/c1-3-17(2)12-7-13(19)18(16-8-12)9-11-6-10(14)4-5-15-11/h4-8H,3,9H2,1-2H3,(H2,14,15). The monoisotopic (exact) mass is 259 g/mol. The van der Waals surface area contributed by atoms with Crippen molar-refractivity contribution in [2.45, 2.75) is 13.5 Å². The molecule has 0 unspecified atom stereocenters. The van der Waals surface area contributed by atoms with Gasteiger partial charge in [-0.2, -0.15) is 5.10 Å². The molecule has 0 radical (unpaired) electrons. The Balaban J connectivity index is 2.25. The number of nitrogens with two attached hydrogens (primary N) is 1. The molecule has 0 amide bonds. The molecule has 0 saturated carbocycles. The zero-order valence-corrected chi connectivity index (χ0v) is 11.1. The topological polar surface area (TPSA) is 77.0 Å². The van der Waals surface area contributed by atoms with Crippen molar-refractivity contribution in [3.63, 3.8) is 0 Å². The van der Waals surface area contributed by atoms with Crippen molar-refractivity contribution in [2.75, 3.05) is 24.2 Å². The van der Waals surface area contributed by atoms with Gasteiger partial charge < -0.3 is 10.6 Å². The van der Waals surface area contributed by atoms with Gasteiger partial charge in [-0.25, -0.2) is 4.68 Å². The van der Waals surface area contributed by atoms with Crippen LogP contribution in [0, 0.1) is 0 Å². The Morgan fingerprint density at radius 3 is 2.84 bits per heavy atom. The summed E-state index contributed by atoms with van der Waals surface area (Å²) in [5.74, 6) is 0. The Kier molecular flexibility index (Phi) is 3.79. The maximum absolute atomic E-state index is 12.0. The molecule has 0 aliphatic heterocycles. The Morgan fingerprint density at radius 2 is 2.21 bits per heavy atom. The van der Waals surface area contributed by atoms with E-state index in [0.717, 1.165) is 12.2 Å². The van der Waals surface area contributed by atoms with E-state index in [0.29, 0.717) is 17.9 Å². The first-order chi connectivity index (χ1) is 9.10. The zero-order chi connectivity index (χ0) is 13.8. The first kappa shape index (κ1) is 13.1. The van der Waals surface area contributed by atoms with Gasteiger partial charge >= 0.3 is 0 Å². The number of nitrogen functional groups attached to an aromatic ring is 1. The molecule has 0 fully saturated rings. The average Bonchev–Trinajstić information content (AvgIpc) is 2.40. The highest BCUT2D eigenvalue weighted by atomic mass is 16.1. The van der Waals surface area contributed by atoms with Crippen LogP contribution in [0.5, 0.6) is 0 Å². The van der Waals surface area contributed by atoms with E-state index >= 15 is 0 Å². The summed E-state index contributed by atoms with van der Waals surface area (Å²) in [6, 6.07) is 5.02. The zero-order valence-electron chi connectivity index (χ0n) is 11.1. The fraction of sp³-hybridized carbons (Fsp3) is 0.308. The number of pyridine rings is 1. The van der Waals surface area contributed by atoms with Gasteiger partial charge in [0.2, 0.25) is 0 Å². The molecule has 2 aromatic rings. The summed E-state index contributed by atoms with van der Waals surface area (Å²) in [5.41, 5.74) is 7.68. The molecule has 0 saturated heterocycles. The summed E-state index contributed by atoms with van der Waals surface area (Å²) >= 11 is 0. The normalized spacial score (nSPS) is 10.4. The van der Waals surface area contributed by atoms with Crippen molar-refractivity contribution in [1.29, 1.82) is 0 Å². The molecule has 0 bridgehead atoms. The highest BCUT2D eigenvalue weighted by Gasteiger charge is 2.04. The quantitative estimate of drug-likeness (QED) is 0.875. The van der Waals surface area contributed by atoms with Crippen LogP contribution in [0.1, 0.15) is 12.6 Å².